The van der Waals surface area contributed by atoms with E-state index in [1.165, 1.54) is 5.69 Å². The Morgan fingerprint density at radius 2 is 1.83 bits per heavy atom. The number of anilines is 1. The van der Waals surface area contributed by atoms with Crippen molar-refractivity contribution in [2.75, 3.05) is 44.9 Å². The fourth-order valence-corrected chi connectivity index (χ4v) is 4.81. The number of piperazine rings is 1. The Hall–Kier alpha value is -3.78. The van der Waals surface area contributed by atoms with Crippen LogP contribution in [0.3, 0.4) is 0 Å². The molecule has 8 heteroatoms. The van der Waals surface area contributed by atoms with E-state index in [1.54, 1.807) is 6.20 Å². The molecule has 1 saturated heterocycles. The van der Waals surface area contributed by atoms with Gasteiger partial charge in [0.05, 0.1) is 0 Å². The molecular weight excluding hydrogens is 444 g/mol. The van der Waals surface area contributed by atoms with Gasteiger partial charge in [-0.15, -0.1) is 0 Å². The summed E-state index contributed by atoms with van der Waals surface area (Å²) >= 11 is 0. The molecule has 1 atom stereocenters. The predicted octanol–water partition coefficient (Wildman–Crippen LogP) is 2.85. The van der Waals surface area contributed by atoms with E-state index in [0.29, 0.717) is 18.8 Å². The molecule has 35 heavy (non-hydrogen) atoms. The SMILES string of the molecule is CN1CCN(c2ccc(CNC(=O)C3Cc4c(-c5ccc6c(c5)OCO6)ccnc4O3)cc2)CC1. The van der Waals surface area contributed by atoms with Gasteiger partial charge in [-0.2, -0.15) is 0 Å². The van der Waals surface area contributed by atoms with E-state index in [2.05, 4.69) is 51.4 Å². The zero-order valence-electron chi connectivity index (χ0n) is 19.7. The summed E-state index contributed by atoms with van der Waals surface area (Å²) in [5.74, 6) is 1.84. The van der Waals surface area contributed by atoms with Crippen LogP contribution in [0.2, 0.25) is 0 Å². The maximum absolute atomic E-state index is 12.9. The number of rotatable bonds is 5. The molecule has 3 aliphatic rings. The number of nitrogens with one attached hydrogen (secondary N) is 1. The van der Waals surface area contributed by atoms with Crippen LogP contribution >= 0.6 is 0 Å². The highest BCUT2D eigenvalue weighted by molar-refractivity contribution is 5.84. The van der Waals surface area contributed by atoms with Crippen molar-refractivity contribution < 1.29 is 19.0 Å². The number of carbonyl (C=O) groups excluding carboxylic acids is 1. The highest BCUT2D eigenvalue weighted by atomic mass is 16.7. The summed E-state index contributed by atoms with van der Waals surface area (Å²) in [6.45, 7) is 4.92. The quantitative estimate of drug-likeness (QED) is 0.612. The second kappa shape index (κ2) is 9.11. The molecule has 0 bridgehead atoms. The number of ether oxygens (including phenoxy) is 3. The van der Waals surface area contributed by atoms with Crippen LogP contribution in [0.1, 0.15) is 11.1 Å². The first-order chi connectivity index (χ1) is 17.1. The molecule has 2 aromatic carbocycles. The molecular formula is C27H28N4O4. The van der Waals surface area contributed by atoms with Gasteiger partial charge >= 0.3 is 0 Å². The van der Waals surface area contributed by atoms with Gasteiger partial charge in [0.2, 0.25) is 12.7 Å². The molecule has 8 nitrogen and oxygen atoms in total. The van der Waals surface area contributed by atoms with Crippen LogP contribution in [0, 0.1) is 0 Å². The highest BCUT2D eigenvalue weighted by Gasteiger charge is 2.32. The van der Waals surface area contributed by atoms with Crippen LogP contribution in [-0.4, -0.2) is 61.9 Å². The van der Waals surface area contributed by atoms with Crippen LogP contribution < -0.4 is 24.4 Å². The summed E-state index contributed by atoms with van der Waals surface area (Å²) in [6, 6.07) is 16.2. The van der Waals surface area contributed by atoms with Crippen LogP contribution in [0.4, 0.5) is 5.69 Å². The maximum atomic E-state index is 12.9. The Morgan fingerprint density at radius 3 is 2.66 bits per heavy atom. The van der Waals surface area contributed by atoms with E-state index in [1.807, 2.05) is 24.3 Å². The van der Waals surface area contributed by atoms with Gasteiger partial charge in [0.15, 0.2) is 17.6 Å². The Morgan fingerprint density at radius 1 is 1.03 bits per heavy atom. The molecule has 4 heterocycles. The minimum Gasteiger partial charge on any atom is -0.464 e. The van der Waals surface area contributed by atoms with Crippen LogP contribution in [-0.2, 0) is 17.8 Å². The molecule has 0 spiro atoms. The maximum Gasteiger partial charge on any atom is 0.261 e. The average Bonchev–Trinajstić information content (AvgIpc) is 3.54. The van der Waals surface area contributed by atoms with Gasteiger partial charge in [0, 0.05) is 56.6 Å². The molecule has 0 saturated carbocycles. The van der Waals surface area contributed by atoms with E-state index >= 15 is 0 Å². The number of fused-ring (bicyclic) bond motifs is 2. The lowest BCUT2D eigenvalue weighted by atomic mass is 9.98. The predicted molar refractivity (Wildman–Crippen MR) is 132 cm³/mol. The Labute approximate surface area is 204 Å². The number of nitrogens with zero attached hydrogens (tertiary/aromatic N) is 3. The topological polar surface area (TPSA) is 76.2 Å². The van der Waals surface area contributed by atoms with Crippen LogP contribution in [0.15, 0.2) is 54.7 Å². The second-order valence-corrected chi connectivity index (χ2v) is 9.20. The van der Waals surface area contributed by atoms with Crippen molar-refractivity contribution in [1.29, 1.82) is 0 Å². The lowest BCUT2D eigenvalue weighted by Gasteiger charge is -2.34. The monoisotopic (exact) mass is 472 g/mol. The van der Waals surface area contributed by atoms with Gasteiger partial charge in [-0.25, -0.2) is 4.98 Å². The molecule has 6 rings (SSSR count). The van der Waals surface area contributed by atoms with Gasteiger partial charge in [0.25, 0.3) is 5.91 Å². The fraction of sp³-hybridized carbons (Fsp3) is 0.333. The first-order valence-corrected chi connectivity index (χ1v) is 12.0. The van der Waals surface area contributed by atoms with Crippen molar-refractivity contribution in [3.8, 4) is 28.5 Å². The molecule has 1 N–H and O–H groups in total. The van der Waals surface area contributed by atoms with Crippen molar-refractivity contribution in [3.63, 3.8) is 0 Å². The smallest absolute Gasteiger partial charge is 0.261 e. The zero-order chi connectivity index (χ0) is 23.8. The molecule has 1 aromatic heterocycles. The van der Waals surface area contributed by atoms with Gasteiger partial charge < -0.3 is 29.3 Å². The number of hydrogen-bond donors (Lipinski definition) is 1. The van der Waals surface area contributed by atoms with Crippen molar-refractivity contribution >= 4 is 11.6 Å². The number of likely N-dealkylation sites (N-methyl/N-ethyl adjacent to an activating group) is 1. The summed E-state index contributed by atoms with van der Waals surface area (Å²) in [5, 5.41) is 3.03. The Kier molecular flexibility index (Phi) is 5.66. The summed E-state index contributed by atoms with van der Waals surface area (Å²) in [5.41, 5.74) is 5.19. The second-order valence-electron chi connectivity index (χ2n) is 9.20. The molecule has 3 aromatic rings. The number of pyridine rings is 1. The van der Waals surface area contributed by atoms with E-state index in [9.17, 15) is 4.79 Å². The first-order valence-electron chi connectivity index (χ1n) is 12.0. The summed E-state index contributed by atoms with van der Waals surface area (Å²) < 4.78 is 16.9. The third-order valence-corrected chi connectivity index (χ3v) is 6.91. The lowest BCUT2D eigenvalue weighted by Crippen LogP contribution is -2.44. The third-order valence-electron chi connectivity index (χ3n) is 6.91. The molecule has 1 fully saturated rings. The van der Waals surface area contributed by atoms with E-state index in [-0.39, 0.29) is 12.7 Å². The number of benzene rings is 2. The molecule has 0 radical (unpaired) electrons. The van der Waals surface area contributed by atoms with Crippen LogP contribution in [0.25, 0.3) is 11.1 Å². The highest BCUT2D eigenvalue weighted by Crippen LogP contribution is 2.40. The fourth-order valence-electron chi connectivity index (χ4n) is 4.81. The lowest BCUT2D eigenvalue weighted by molar-refractivity contribution is -0.127. The molecule has 180 valence electrons. The molecule has 0 aliphatic carbocycles. The number of amides is 1. The summed E-state index contributed by atoms with van der Waals surface area (Å²) in [6.07, 6.45) is 1.58. The van der Waals surface area contributed by atoms with Gasteiger partial charge in [0.1, 0.15) is 0 Å². The van der Waals surface area contributed by atoms with Crippen molar-refractivity contribution in [2.45, 2.75) is 19.1 Å². The summed E-state index contributed by atoms with van der Waals surface area (Å²) in [7, 11) is 2.16. The number of carbonyl (C=O) groups is 1. The molecule has 1 unspecified atom stereocenters. The van der Waals surface area contributed by atoms with Gasteiger partial charge in [-0.3, -0.25) is 4.79 Å². The Bertz CT molecular complexity index is 1240. The number of aromatic nitrogens is 1. The standard InChI is InChI=1S/C27H28N4O4/c1-30-10-12-31(13-11-30)20-5-2-18(3-6-20)16-29-26(32)25-15-22-21(8-9-28-27(22)35-25)19-4-7-23-24(14-19)34-17-33-23/h2-9,14,25H,10-13,15-17H2,1H3,(H,29,32). The van der Waals surface area contributed by atoms with E-state index in [4.69, 9.17) is 14.2 Å². The van der Waals surface area contributed by atoms with Gasteiger partial charge in [-0.05, 0) is 54.1 Å². The van der Waals surface area contributed by atoms with Crippen LogP contribution in [0.5, 0.6) is 17.4 Å². The molecule has 3 aliphatic heterocycles. The summed E-state index contributed by atoms with van der Waals surface area (Å²) in [4.78, 5) is 22.0. The third kappa shape index (κ3) is 4.37. The first kappa shape index (κ1) is 21.7. The van der Waals surface area contributed by atoms with Crippen molar-refractivity contribution in [1.82, 2.24) is 15.2 Å². The van der Waals surface area contributed by atoms with Gasteiger partial charge in [-0.1, -0.05) is 18.2 Å². The zero-order valence-corrected chi connectivity index (χ0v) is 19.7. The van der Waals surface area contributed by atoms with Crippen molar-refractivity contribution in [3.05, 3.63) is 65.9 Å². The Balaban J connectivity index is 1.09. The largest absolute Gasteiger partial charge is 0.464 e. The normalized spacial score (nSPS) is 18.8. The van der Waals surface area contributed by atoms with E-state index < -0.39 is 6.10 Å². The van der Waals surface area contributed by atoms with Crippen molar-refractivity contribution in [2.24, 2.45) is 0 Å². The minimum absolute atomic E-state index is 0.136. The van der Waals surface area contributed by atoms with E-state index in [0.717, 1.165) is 59.9 Å². The molecule has 1 amide bonds. The number of hydrogen-bond acceptors (Lipinski definition) is 7. The minimum atomic E-state index is -0.600. The average molecular weight is 473 g/mol.